The number of fused-ring (bicyclic) bond motifs is 2. The minimum atomic E-state index is -0.133. The van der Waals surface area contributed by atoms with E-state index in [4.69, 9.17) is 9.47 Å². The van der Waals surface area contributed by atoms with Gasteiger partial charge in [-0.05, 0) is 56.0 Å². The average molecular weight is 328 g/mol. The van der Waals surface area contributed by atoms with Crippen LogP contribution in [0, 0.1) is 0 Å². The van der Waals surface area contributed by atoms with Crippen molar-refractivity contribution in [1.29, 1.82) is 0 Å². The van der Waals surface area contributed by atoms with Gasteiger partial charge in [-0.25, -0.2) is 0 Å². The summed E-state index contributed by atoms with van der Waals surface area (Å²) in [4.78, 5) is 2.38. The summed E-state index contributed by atoms with van der Waals surface area (Å²) in [7, 11) is 5.55. The number of aliphatic hydroxyl groups excluding tert-OH is 1. The topological polar surface area (TPSA) is 41.9 Å². The van der Waals surface area contributed by atoms with E-state index in [1.165, 1.54) is 11.1 Å². The molecule has 4 nitrogen and oxygen atoms in total. The summed E-state index contributed by atoms with van der Waals surface area (Å²) in [5, 5.41) is 9.86. The average Bonchev–Trinajstić information content (AvgIpc) is 2.49. The van der Waals surface area contributed by atoms with Gasteiger partial charge in [-0.1, -0.05) is 0 Å². The van der Waals surface area contributed by atoms with Crippen LogP contribution in [0.1, 0.15) is 36.8 Å². The van der Waals surface area contributed by atoms with E-state index < -0.39 is 0 Å². The van der Waals surface area contributed by atoms with Crippen LogP contribution in [0.5, 0.6) is 11.5 Å². The largest absolute Gasteiger partial charge is 0.493 e. The smallest absolute Gasteiger partial charge is 0.161 e. The maximum absolute atomic E-state index is 9.86. The molecule has 22 heavy (non-hydrogen) atoms. The fourth-order valence-corrected chi connectivity index (χ4v) is 4.08. The standard InChI is InChI=1S/C17H25NO3.ClH/c1-18-10-12-8-15(20-2)16(21-3)9-14(12)17(11-18)6-4-13(19)5-7-17;/h8-9,13,19H,4-7,10-11H2,1-3H3;1H. The second kappa shape index (κ2) is 6.65. The predicted octanol–water partition coefficient (Wildman–Crippen LogP) is 2.74. The Labute approximate surface area is 138 Å². The lowest BCUT2D eigenvalue weighted by Crippen LogP contribution is -2.46. The fraction of sp³-hybridized carbons (Fsp3) is 0.647. The van der Waals surface area contributed by atoms with Crippen molar-refractivity contribution in [3.05, 3.63) is 23.3 Å². The molecule has 0 radical (unpaired) electrons. The molecule has 1 saturated carbocycles. The van der Waals surface area contributed by atoms with Gasteiger partial charge in [-0.15, -0.1) is 12.4 Å². The van der Waals surface area contributed by atoms with Crippen molar-refractivity contribution in [2.75, 3.05) is 27.8 Å². The SMILES string of the molecule is COc1cc2c(cc1OC)C1(CCC(O)CC1)CN(C)C2.Cl. The number of benzene rings is 1. The minimum absolute atomic E-state index is 0. The number of halogens is 1. The van der Waals surface area contributed by atoms with Gasteiger partial charge in [-0.3, -0.25) is 0 Å². The van der Waals surface area contributed by atoms with Crippen LogP contribution in [0.2, 0.25) is 0 Å². The first-order valence-corrected chi connectivity index (χ1v) is 7.70. The van der Waals surface area contributed by atoms with E-state index in [1.807, 2.05) is 0 Å². The second-order valence-corrected chi connectivity index (χ2v) is 6.55. The Kier molecular flexibility index (Phi) is 5.25. The van der Waals surface area contributed by atoms with E-state index in [0.717, 1.165) is 50.3 Å². The molecule has 0 atom stereocenters. The highest BCUT2D eigenvalue weighted by molar-refractivity contribution is 5.85. The molecule has 1 spiro atoms. The lowest BCUT2D eigenvalue weighted by Gasteiger charge is -2.46. The van der Waals surface area contributed by atoms with Crippen LogP contribution in [0.25, 0.3) is 0 Å². The maximum Gasteiger partial charge on any atom is 0.161 e. The van der Waals surface area contributed by atoms with Gasteiger partial charge in [0.1, 0.15) is 0 Å². The molecule has 124 valence electrons. The summed E-state index contributed by atoms with van der Waals surface area (Å²) in [6.07, 6.45) is 3.73. The highest BCUT2D eigenvalue weighted by atomic mass is 35.5. The summed E-state index contributed by atoms with van der Waals surface area (Å²) < 4.78 is 10.9. The summed E-state index contributed by atoms with van der Waals surface area (Å²) in [5.41, 5.74) is 2.88. The Morgan fingerprint density at radius 3 is 2.32 bits per heavy atom. The van der Waals surface area contributed by atoms with Gasteiger partial charge in [0.2, 0.25) is 0 Å². The fourth-order valence-electron chi connectivity index (χ4n) is 4.08. The molecule has 1 heterocycles. The van der Waals surface area contributed by atoms with Crippen LogP contribution in [0.3, 0.4) is 0 Å². The van der Waals surface area contributed by atoms with Gasteiger partial charge in [-0.2, -0.15) is 0 Å². The number of ether oxygens (including phenoxy) is 2. The molecule has 1 N–H and O–H groups in total. The normalized spacial score (nSPS) is 27.9. The van der Waals surface area contributed by atoms with Crippen LogP contribution in [-0.2, 0) is 12.0 Å². The van der Waals surface area contributed by atoms with Gasteiger partial charge in [0.25, 0.3) is 0 Å². The molecule has 3 rings (SSSR count). The molecule has 0 bridgehead atoms. The summed E-state index contributed by atoms with van der Waals surface area (Å²) in [6, 6.07) is 4.29. The Morgan fingerprint density at radius 1 is 1.14 bits per heavy atom. The zero-order valence-electron chi connectivity index (χ0n) is 13.6. The minimum Gasteiger partial charge on any atom is -0.493 e. The number of methoxy groups -OCH3 is 2. The third-order valence-corrected chi connectivity index (χ3v) is 5.11. The number of hydrogen-bond donors (Lipinski definition) is 1. The molecule has 1 fully saturated rings. The lowest BCUT2D eigenvalue weighted by atomic mass is 9.65. The third-order valence-electron chi connectivity index (χ3n) is 5.11. The zero-order chi connectivity index (χ0) is 15.0. The summed E-state index contributed by atoms with van der Waals surface area (Å²) in [5.74, 6) is 1.61. The van der Waals surface area contributed by atoms with E-state index >= 15 is 0 Å². The first-order chi connectivity index (χ1) is 10.1. The first kappa shape index (κ1) is 17.4. The molecular weight excluding hydrogens is 302 g/mol. The molecular formula is C17H26ClNO3. The number of nitrogens with zero attached hydrogens (tertiary/aromatic N) is 1. The molecule has 1 aliphatic carbocycles. The van der Waals surface area contributed by atoms with E-state index in [-0.39, 0.29) is 23.9 Å². The highest BCUT2D eigenvalue weighted by Crippen LogP contribution is 2.47. The van der Waals surface area contributed by atoms with Crippen molar-refractivity contribution in [1.82, 2.24) is 4.90 Å². The van der Waals surface area contributed by atoms with E-state index in [9.17, 15) is 5.11 Å². The van der Waals surface area contributed by atoms with Crippen molar-refractivity contribution in [2.45, 2.75) is 43.7 Å². The molecule has 0 aromatic heterocycles. The molecule has 0 unspecified atom stereocenters. The van der Waals surface area contributed by atoms with Crippen LogP contribution >= 0.6 is 12.4 Å². The highest BCUT2D eigenvalue weighted by Gasteiger charge is 2.41. The molecule has 1 aliphatic heterocycles. The monoisotopic (exact) mass is 327 g/mol. The van der Waals surface area contributed by atoms with Crippen molar-refractivity contribution in [3.8, 4) is 11.5 Å². The van der Waals surface area contributed by atoms with Crippen LogP contribution in [0.15, 0.2) is 12.1 Å². The van der Waals surface area contributed by atoms with Gasteiger partial charge in [0, 0.05) is 18.5 Å². The number of rotatable bonds is 2. The van der Waals surface area contributed by atoms with E-state index in [2.05, 4.69) is 24.1 Å². The third kappa shape index (κ3) is 2.92. The molecule has 1 aromatic carbocycles. The molecule has 5 heteroatoms. The molecule has 1 aromatic rings. The Bertz CT molecular complexity index is 527. The maximum atomic E-state index is 9.86. The predicted molar refractivity (Wildman–Crippen MR) is 89.3 cm³/mol. The second-order valence-electron chi connectivity index (χ2n) is 6.55. The van der Waals surface area contributed by atoms with Crippen molar-refractivity contribution in [2.24, 2.45) is 0 Å². The molecule has 0 saturated heterocycles. The summed E-state index contributed by atoms with van der Waals surface area (Å²) in [6.45, 7) is 2.00. The Hall–Kier alpha value is -0.970. The van der Waals surface area contributed by atoms with Crippen LogP contribution < -0.4 is 9.47 Å². The van der Waals surface area contributed by atoms with Gasteiger partial charge >= 0.3 is 0 Å². The van der Waals surface area contributed by atoms with Crippen LogP contribution in [-0.4, -0.2) is 43.9 Å². The van der Waals surface area contributed by atoms with E-state index in [0.29, 0.717) is 0 Å². The number of likely N-dealkylation sites (N-methyl/N-ethyl adjacent to an activating group) is 1. The van der Waals surface area contributed by atoms with Gasteiger partial charge in [0.05, 0.1) is 20.3 Å². The van der Waals surface area contributed by atoms with Crippen molar-refractivity contribution >= 4 is 12.4 Å². The number of hydrogen-bond acceptors (Lipinski definition) is 4. The Morgan fingerprint density at radius 2 is 1.73 bits per heavy atom. The quantitative estimate of drug-likeness (QED) is 0.907. The zero-order valence-corrected chi connectivity index (χ0v) is 14.4. The lowest BCUT2D eigenvalue weighted by molar-refractivity contribution is 0.0727. The van der Waals surface area contributed by atoms with E-state index in [1.54, 1.807) is 14.2 Å². The number of aliphatic hydroxyl groups is 1. The molecule has 0 amide bonds. The first-order valence-electron chi connectivity index (χ1n) is 7.70. The van der Waals surface area contributed by atoms with Crippen LogP contribution in [0.4, 0.5) is 0 Å². The van der Waals surface area contributed by atoms with Gasteiger partial charge < -0.3 is 19.5 Å². The van der Waals surface area contributed by atoms with Crippen molar-refractivity contribution < 1.29 is 14.6 Å². The molecule has 2 aliphatic rings. The van der Waals surface area contributed by atoms with Crippen molar-refractivity contribution in [3.63, 3.8) is 0 Å². The Balaban J connectivity index is 0.00000176. The summed E-state index contributed by atoms with van der Waals surface area (Å²) >= 11 is 0. The van der Waals surface area contributed by atoms with Gasteiger partial charge in [0.15, 0.2) is 11.5 Å².